The molecular formula is C17H23N3O2. The van der Waals surface area contributed by atoms with Crippen molar-refractivity contribution < 1.29 is 9.15 Å². The zero-order valence-electron chi connectivity index (χ0n) is 13.3. The molecule has 1 aromatic heterocycles. The number of nitrogens with zero attached hydrogens (tertiary/aromatic N) is 2. The molecule has 0 spiro atoms. The van der Waals surface area contributed by atoms with Crippen LogP contribution in [0, 0.1) is 6.92 Å². The molecule has 3 rings (SSSR count). The van der Waals surface area contributed by atoms with Gasteiger partial charge in [0.2, 0.25) is 5.89 Å². The Morgan fingerprint density at radius 2 is 1.95 bits per heavy atom. The molecule has 118 valence electrons. The predicted molar refractivity (Wildman–Crippen MR) is 86.0 cm³/mol. The van der Waals surface area contributed by atoms with Gasteiger partial charge in [0.05, 0.1) is 12.3 Å². The molecule has 0 aliphatic carbocycles. The largest absolute Gasteiger partial charge is 0.494 e. The average molecular weight is 301 g/mol. The number of hydrogen-bond donors (Lipinski definition) is 1. The minimum atomic E-state index is 0.673. The van der Waals surface area contributed by atoms with Crippen LogP contribution in [0.5, 0.6) is 5.75 Å². The molecule has 2 aromatic rings. The van der Waals surface area contributed by atoms with E-state index in [0.717, 1.165) is 55.5 Å². The fourth-order valence-corrected chi connectivity index (χ4v) is 2.64. The van der Waals surface area contributed by atoms with Gasteiger partial charge in [-0.2, -0.15) is 0 Å². The standard InChI is InChI=1S/C17H23N3O2/c1-3-21-15-6-4-14(5-7-15)17-19-16(13(2)22-17)12-20-10-8-18-9-11-20/h4-7,18H,3,8-12H2,1-2H3. The molecule has 5 heteroatoms. The van der Waals surface area contributed by atoms with Crippen molar-refractivity contribution in [3.8, 4) is 17.2 Å². The molecule has 0 amide bonds. The quantitative estimate of drug-likeness (QED) is 0.919. The molecule has 0 bridgehead atoms. The van der Waals surface area contributed by atoms with Crippen LogP contribution in [0.4, 0.5) is 0 Å². The summed E-state index contributed by atoms with van der Waals surface area (Å²) < 4.78 is 11.3. The molecule has 0 radical (unpaired) electrons. The Bertz CT molecular complexity index is 601. The molecule has 1 aliphatic heterocycles. The lowest BCUT2D eigenvalue weighted by atomic mass is 10.2. The maximum absolute atomic E-state index is 5.85. The zero-order valence-corrected chi connectivity index (χ0v) is 13.3. The Morgan fingerprint density at radius 1 is 1.23 bits per heavy atom. The monoisotopic (exact) mass is 301 g/mol. The van der Waals surface area contributed by atoms with Crippen molar-refractivity contribution >= 4 is 0 Å². The summed E-state index contributed by atoms with van der Waals surface area (Å²) in [5.41, 5.74) is 2.02. The van der Waals surface area contributed by atoms with E-state index in [1.54, 1.807) is 0 Å². The summed E-state index contributed by atoms with van der Waals surface area (Å²) in [6.45, 7) is 9.71. The second-order valence-electron chi connectivity index (χ2n) is 5.51. The van der Waals surface area contributed by atoms with Gasteiger partial charge in [0, 0.05) is 38.3 Å². The van der Waals surface area contributed by atoms with Crippen LogP contribution >= 0.6 is 0 Å². The van der Waals surface area contributed by atoms with Gasteiger partial charge in [0.1, 0.15) is 11.5 Å². The van der Waals surface area contributed by atoms with Crippen molar-refractivity contribution in [2.24, 2.45) is 0 Å². The van der Waals surface area contributed by atoms with Crippen LogP contribution in [-0.2, 0) is 6.54 Å². The third-order valence-electron chi connectivity index (χ3n) is 3.89. The normalized spacial score (nSPS) is 15.9. The zero-order chi connectivity index (χ0) is 15.4. The lowest BCUT2D eigenvalue weighted by Gasteiger charge is -2.26. The van der Waals surface area contributed by atoms with Crippen molar-refractivity contribution in [2.45, 2.75) is 20.4 Å². The van der Waals surface area contributed by atoms with E-state index in [1.807, 2.05) is 38.1 Å². The van der Waals surface area contributed by atoms with Gasteiger partial charge < -0.3 is 14.5 Å². The first-order valence-electron chi connectivity index (χ1n) is 7.89. The Hall–Kier alpha value is -1.85. The molecule has 1 aromatic carbocycles. The third kappa shape index (κ3) is 3.48. The number of nitrogens with one attached hydrogen (secondary N) is 1. The van der Waals surface area contributed by atoms with E-state index in [9.17, 15) is 0 Å². The summed E-state index contributed by atoms with van der Waals surface area (Å²) in [5, 5.41) is 3.36. The molecular weight excluding hydrogens is 278 g/mol. The Labute approximate surface area is 131 Å². The summed E-state index contributed by atoms with van der Waals surface area (Å²) in [6, 6.07) is 7.89. The van der Waals surface area contributed by atoms with Crippen LogP contribution in [0.3, 0.4) is 0 Å². The van der Waals surface area contributed by atoms with Crippen LogP contribution < -0.4 is 10.1 Å². The highest BCUT2D eigenvalue weighted by Crippen LogP contribution is 2.24. The van der Waals surface area contributed by atoms with Crippen molar-refractivity contribution in [1.29, 1.82) is 0 Å². The van der Waals surface area contributed by atoms with E-state index in [2.05, 4.69) is 15.2 Å². The van der Waals surface area contributed by atoms with Gasteiger partial charge in [0.25, 0.3) is 0 Å². The van der Waals surface area contributed by atoms with E-state index in [0.29, 0.717) is 12.5 Å². The molecule has 0 atom stereocenters. The number of aromatic nitrogens is 1. The first-order valence-corrected chi connectivity index (χ1v) is 7.89. The highest BCUT2D eigenvalue weighted by molar-refractivity contribution is 5.55. The molecule has 2 heterocycles. The van der Waals surface area contributed by atoms with Gasteiger partial charge >= 0.3 is 0 Å². The lowest BCUT2D eigenvalue weighted by molar-refractivity contribution is 0.230. The second-order valence-corrected chi connectivity index (χ2v) is 5.51. The molecule has 1 saturated heterocycles. The summed E-state index contributed by atoms with van der Waals surface area (Å²) in [5.74, 6) is 2.46. The van der Waals surface area contributed by atoms with Crippen LogP contribution in [0.15, 0.2) is 28.7 Å². The third-order valence-corrected chi connectivity index (χ3v) is 3.89. The van der Waals surface area contributed by atoms with Crippen molar-refractivity contribution in [3.63, 3.8) is 0 Å². The van der Waals surface area contributed by atoms with Gasteiger partial charge in [-0.1, -0.05) is 0 Å². The highest BCUT2D eigenvalue weighted by atomic mass is 16.5. The van der Waals surface area contributed by atoms with Gasteiger partial charge in [-0.3, -0.25) is 4.90 Å². The number of aryl methyl sites for hydroxylation is 1. The average Bonchev–Trinajstić information content (AvgIpc) is 2.90. The Kier molecular flexibility index (Phi) is 4.75. The first-order chi connectivity index (χ1) is 10.8. The Morgan fingerprint density at radius 3 is 2.64 bits per heavy atom. The molecule has 0 saturated carbocycles. The molecule has 5 nitrogen and oxygen atoms in total. The first kappa shape index (κ1) is 15.1. The summed E-state index contributed by atoms with van der Waals surface area (Å²) in [7, 11) is 0. The highest BCUT2D eigenvalue weighted by Gasteiger charge is 2.16. The van der Waals surface area contributed by atoms with Gasteiger partial charge in [-0.15, -0.1) is 0 Å². The summed E-state index contributed by atoms with van der Waals surface area (Å²) >= 11 is 0. The van der Waals surface area contributed by atoms with Gasteiger partial charge in [-0.25, -0.2) is 4.98 Å². The van der Waals surface area contributed by atoms with Crippen molar-refractivity contribution in [1.82, 2.24) is 15.2 Å². The molecule has 22 heavy (non-hydrogen) atoms. The number of hydrogen-bond acceptors (Lipinski definition) is 5. The van der Waals surface area contributed by atoms with Crippen LogP contribution in [0.1, 0.15) is 18.4 Å². The number of oxazole rings is 1. The minimum absolute atomic E-state index is 0.673. The smallest absolute Gasteiger partial charge is 0.226 e. The van der Waals surface area contributed by atoms with Crippen LogP contribution in [-0.4, -0.2) is 42.7 Å². The second kappa shape index (κ2) is 6.94. The molecule has 1 fully saturated rings. The van der Waals surface area contributed by atoms with Crippen molar-refractivity contribution in [2.75, 3.05) is 32.8 Å². The number of piperazine rings is 1. The maximum atomic E-state index is 5.85. The van der Waals surface area contributed by atoms with E-state index in [-0.39, 0.29) is 0 Å². The van der Waals surface area contributed by atoms with E-state index < -0.39 is 0 Å². The maximum Gasteiger partial charge on any atom is 0.226 e. The molecule has 1 aliphatic rings. The Balaban J connectivity index is 1.73. The number of rotatable bonds is 5. The van der Waals surface area contributed by atoms with Gasteiger partial charge in [-0.05, 0) is 38.1 Å². The van der Waals surface area contributed by atoms with E-state index >= 15 is 0 Å². The van der Waals surface area contributed by atoms with Crippen LogP contribution in [0.25, 0.3) is 11.5 Å². The minimum Gasteiger partial charge on any atom is -0.494 e. The summed E-state index contributed by atoms with van der Waals surface area (Å²) in [6.07, 6.45) is 0. The van der Waals surface area contributed by atoms with E-state index in [1.165, 1.54) is 0 Å². The fourth-order valence-electron chi connectivity index (χ4n) is 2.64. The number of ether oxygens (including phenoxy) is 1. The van der Waals surface area contributed by atoms with Crippen LogP contribution in [0.2, 0.25) is 0 Å². The SMILES string of the molecule is CCOc1ccc(-c2nc(CN3CCNCC3)c(C)o2)cc1. The van der Waals surface area contributed by atoms with Gasteiger partial charge in [0.15, 0.2) is 0 Å². The fraction of sp³-hybridized carbons (Fsp3) is 0.471. The molecule has 0 unspecified atom stereocenters. The van der Waals surface area contributed by atoms with Crippen molar-refractivity contribution in [3.05, 3.63) is 35.7 Å². The number of benzene rings is 1. The van der Waals surface area contributed by atoms with E-state index in [4.69, 9.17) is 9.15 Å². The topological polar surface area (TPSA) is 50.5 Å². The predicted octanol–water partition coefficient (Wildman–Crippen LogP) is 2.45. The molecule has 1 N–H and O–H groups in total. The summed E-state index contributed by atoms with van der Waals surface area (Å²) in [4.78, 5) is 7.09. The lowest BCUT2D eigenvalue weighted by Crippen LogP contribution is -2.43.